The number of ether oxygens (including phenoxy) is 2. The highest BCUT2D eigenvalue weighted by molar-refractivity contribution is 6.29. The number of fused-ring (bicyclic) bond motifs is 1. The summed E-state index contributed by atoms with van der Waals surface area (Å²) in [5, 5.41) is 0.267. The molecule has 1 aromatic heterocycles. The van der Waals surface area contributed by atoms with Crippen LogP contribution in [-0.2, 0) is 9.53 Å². The molecule has 8 heteroatoms. The number of anilines is 1. The minimum Gasteiger partial charge on any atom is -0.489 e. The Labute approximate surface area is 140 Å². The van der Waals surface area contributed by atoms with E-state index in [4.69, 9.17) is 21.1 Å². The lowest BCUT2D eigenvalue weighted by molar-refractivity contribution is -0.123. The highest BCUT2D eigenvalue weighted by atomic mass is 35.5. The van der Waals surface area contributed by atoms with Gasteiger partial charge in [0.1, 0.15) is 34.8 Å². The lowest BCUT2D eigenvalue weighted by Crippen LogP contribution is -2.51. The van der Waals surface area contributed by atoms with Crippen molar-refractivity contribution in [3.05, 3.63) is 17.4 Å². The van der Waals surface area contributed by atoms with Crippen molar-refractivity contribution in [2.24, 2.45) is 0 Å². The molecule has 1 atom stereocenters. The van der Waals surface area contributed by atoms with Gasteiger partial charge in [0.05, 0.1) is 6.20 Å². The summed E-state index contributed by atoms with van der Waals surface area (Å²) in [6.45, 7) is 5.30. The van der Waals surface area contributed by atoms with Crippen molar-refractivity contribution in [2.45, 2.75) is 32.4 Å². The van der Waals surface area contributed by atoms with Gasteiger partial charge < -0.3 is 14.4 Å². The van der Waals surface area contributed by atoms with Gasteiger partial charge in [0.15, 0.2) is 0 Å². The van der Waals surface area contributed by atoms with Crippen molar-refractivity contribution in [3.8, 4) is 5.75 Å². The molecular formula is C15H20ClN3O4. The zero-order chi connectivity index (χ0) is 17.4. The van der Waals surface area contributed by atoms with Gasteiger partial charge in [-0.3, -0.25) is 9.69 Å². The van der Waals surface area contributed by atoms with Gasteiger partial charge in [0.2, 0.25) is 0 Å². The summed E-state index contributed by atoms with van der Waals surface area (Å²) < 4.78 is 10.9. The number of nitrogens with zero attached hydrogens (tertiary/aromatic N) is 3. The number of rotatable bonds is 1. The molecule has 0 saturated heterocycles. The third-order valence-electron chi connectivity index (χ3n) is 3.34. The highest BCUT2D eigenvalue weighted by Crippen LogP contribution is 2.32. The van der Waals surface area contributed by atoms with E-state index in [1.54, 1.807) is 27.8 Å². The van der Waals surface area contributed by atoms with Crippen LogP contribution in [0.1, 0.15) is 20.8 Å². The van der Waals surface area contributed by atoms with Crippen LogP contribution in [0.15, 0.2) is 12.3 Å². The maximum Gasteiger partial charge on any atom is 0.410 e. The van der Waals surface area contributed by atoms with Gasteiger partial charge in [-0.05, 0) is 20.8 Å². The predicted molar refractivity (Wildman–Crippen MR) is 85.9 cm³/mol. The molecule has 0 bridgehead atoms. The lowest BCUT2D eigenvalue weighted by atomic mass is 10.2. The fraction of sp³-hybridized carbons (Fsp3) is 0.533. The maximum atomic E-state index is 12.6. The normalized spacial score (nSPS) is 17.9. The molecule has 1 aromatic rings. The minimum absolute atomic E-state index is 0.00621. The molecule has 0 spiro atoms. The van der Waals surface area contributed by atoms with E-state index < -0.39 is 17.7 Å². The summed E-state index contributed by atoms with van der Waals surface area (Å²) in [6.07, 6.45) is 0.876. The average molecular weight is 342 g/mol. The van der Waals surface area contributed by atoms with E-state index in [0.29, 0.717) is 11.4 Å². The van der Waals surface area contributed by atoms with Crippen molar-refractivity contribution >= 4 is 29.3 Å². The number of halogens is 1. The van der Waals surface area contributed by atoms with Crippen LogP contribution in [0, 0.1) is 0 Å². The van der Waals surface area contributed by atoms with Crippen LogP contribution in [0.25, 0.3) is 0 Å². The van der Waals surface area contributed by atoms with Gasteiger partial charge in [0, 0.05) is 20.2 Å². The number of hydrogen-bond acceptors (Lipinski definition) is 5. The molecule has 7 nitrogen and oxygen atoms in total. The summed E-state index contributed by atoms with van der Waals surface area (Å²) in [5.41, 5.74) is -0.147. The van der Waals surface area contributed by atoms with Gasteiger partial charge in [-0.1, -0.05) is 11.6 Å². The first-order chi connectivity index (χ1) is 10.6. The molecule has 0 radical (unpaired) electrons. The lowest BCUT2D eigenvalue weighted by Gasteiger charge is -2.30. The number of amides is 2. The second-order valence-electron chi connectivity index (χ2n) is 6.29. The Hall–Kier alpha value is -2.02. The largest absolute Gasteiger partial charge is 0.489 e. The van der Waals surface area contributed by atoms with Crippen molar-refractivity contribution < 1.29 is 19.1 Å². The number of likely N-dealkylation sites (N-methyl/N-ethyl adjacent to an activating group) is 2. The van der Waals surface area contributed by atoms with E-state index in [-0.39, 0.29) is 17.7 Å². The van der Waals surface area contributed by atoms with Gasteiger partial charge in [-0.2, -0.15) is 0 Å². The number of carbonyl (C=O) groups is 2. The maximum absolute atomic E-state index is 12.6. The summed E-state index contributed by atoms with van der Waals surface area (Å²) in [6, 6.07) is 0.734. The smallest absolute Gasteiger partial charge is 0.410 e. The highest BCUT2D eigenvalue weighted by Gasteiger charge is 2.36. The summed E-state index contributed by atoms with van der Waals surface area (Å²) in [5.74, 6) is 0.155. The van der Waals surface area contributed by atoms with E-state index >= 15 is 0 Å². The van der Waals surface area contributed by atoms with Gasteiger partial charge in [-0.15, -0.1) is 0 Å². The third kappa shape index (κ3) is 3.85. The Bertz CT molecular complexity index is 630. The molecule has 0 saturated carbocycles. The Morgan fingerprint density at radius 3 is 2.78 bits per heavy atom. The van der Waals surface area contributed by atoms with Crippen LogP contribution in [0.2, 0.25) is 5.15 Å². The quantitative estimate of drug-likeness (QED) is 0.733. The monoisotopic (exact) mass is 341 g/mol. The van der Waals surface area contributed by atoms with Crippen LogP contribution < -0.4 is 9.64 Å². The Kier molecular flexibility index (Phi) is 4.70. The van der Waals surface area contributed by atoms with Crippen molar-refractivity contribution in [2.75, 3.05) is 25.6 Å². The molecule has 1 aliphatic heterocycles. The molecule has 0 aromatic carbocycles. The fourth-order valence-electron chi connectivity index (χ4n) is 2.09. The molecule has 0 N–H and O–H groups in total. The van der Waals surface area contributed by atoms with E-state index in [1.165, 1.54) is 29.1 Å². The zero-order valence-corrected chi connectivity index (χ0v) is 14.5. The van der Waals surface area contributed by atoms with Crippen molar-refractivity contribution in [1.29, 1.82) is 0 Å². The van der Waals surface area contributed by atoms with Crippen LogP contribution in [0.3, 0.4) is 0 Å². The summed E-state index contributed by atoms with van der Waals surface area (Å²) in [4.78, 5) is 31.4. The topological polar surface area (TPSA) is 72.0 Å². The fourth-order valence-corrected chi connectivity index (χ4v) is 2.24. The van der Waals surface area contributed by atoms with Crippen molar-refractivity contribution in [3.63, 3.8) is 0 Å². The number of carbonyl (C=O) groups excluding carboxylic acids is 2. The van der Waals surface area contributed by atoms with Crippen LogP contribution in [-0.4, -0.2) is 54.2 Å². The average Bonchev–Trinajstić information content (AvgIpc) is 2.55. The van der Waals surface area contributed by atoms with E-state index in [9.17, 15) is 9.59 Å². The van der Waals surface area contributed by atoms with Crippen LogP contribution in [0.4, 0.5) is 10.5 Å². The van der Waals surface area contributed by atoms with Crippen LogP contribution in [0.5, 0.6) is 5.75 Å². The molecule has 0 fully saturated rings. The van der Waals surface area contributed by atoms with E-state index in [2.05, 4.69) is 4.98 Å². The SMILES string of the molecule is CN1C(=O)[C@H](N(C)C(=O)OC(C)(C)C)COc2cc(Cl)ncc21. The Morgan fingerprint density at radius 1 is 1.52 bits per heavy atom. The first-order valence-electron chi connectivity index (χ1n) is 7.12. The summed E-state index contributed by atoms with van der Waals surface area (Å²) in [7, 11) is 3.11. The minimum atomic E-state index is -0.805. The molecule has 126 valence electrons. The Morgan fingerprint density at radius 2 is 2.17 bits per heavy atom. The molecule has 2 heterocycles. The first-order valence-corrected chi connectivity index (χ1v) is 7.49. The number of pyridine rings is 1. The zero-order valence-electron chi connectivity index (χ0n) is 13.8. The molecule has 23 heavy (non-hydrogen) atoms. The molecule has 0 aliphatic carbocycles. The number of hydrogen-bond donors (Lipinski definition) is 0. The Balaban J connectivity index is 2.23. The van der Waals surface area contributed by atoms with Gasteiger partial charge >= 0.3 is 6.09 Å². The number of aromatic nitrogens is 1. The third-order valence-corrected chi connectivity index (χ3v) is 3.54. The molecule has 2 rings (SSSR count). The second-order valence-corrected chi connectivity index (χ2v) is 6.68. The second kappa shape index (κ2) is 6.23. The van der Waals surface area contributed by atoms with Gasteiger partial charge in [-0.25, -0.2) is 9.78 Å². The standard InChI is InChI=1S/C15H20ClN3O4/c1-15(2,3)23-14(21)19(5)10-8-22-11-6-12(16)17-7-9(11)18(4)13(10)20/h6-7,10H,8H2,1-5H3/t10-/m1/s1. The molecule has 1 aliphatic rings. The first kappa shape index (κ1) is 17.3. The molecular weight excluding hydrogens is 322 g/mol. The van der Waals surface area contributed by atoms with E-state index in [0.717, 1.165) is 0 Å². The van der Waals surface area contributed by atoms with E-state index in [1.807, 2.05) is 0 Å². The van der Waals surface area contributed by atoms with Gasteiger partial charge in [0.25, 0.3) is 5.91 Å². The van der Waals surface area contributed by atoms with Crippen molar-refractivity contribution in [1.82, 2.24) is 9.88 Å². The molecule has 2 amide bonds. The predicted octanol–water partition coefficient (Wildman–Crippen LogP) is 2.33. The molecule has 0 unspecified atom stereocenters. The summed E-state index contributed by atoms with van der Waals surface area (Å²) >= 11 is 5.86. The van der Waals surface area contributed by atoms with Crippen LogP contribution >= 0.6 is 11.6 Å².